The van der Waals surface area contributed by atoms with Crippen LogP contribution in [0.4, 0.5) is 0 Å². The maximum absolute atomic E-state index is 13.1. The highest BCUT2D eigenvalue weighted by molar-refractivity contribution is 8.00. The molecule has 1 saturated carbocycles. The first-order chi connectivity index (χ1) is 14.5. The van der Waals surface area contributed by atoms with Gasteiger partial charge in [-0.2, -0.15) is 5.10 Å². The molecule has 0 spiro atoms. The fourth-order valence-electron chi connectivity index (χ4n) is 3.38. The Balaban J connectivity index is 1.53. The van der Waals surface area contributed by atoms with Crippen LogP contribution >= 0.6 is 23.4 Å². The normalized spacial score (nSPS) is 14.5. The van der Waals surface area contributed by atoms with Crippen molar-refractivity contribution in [2.24, 2.45) is 0 Å². The topological polar surface area (TPSA) is 59.8 Å². The van der Waals surface area contributed by atoms with Crippen molar-refractivity contribution < 1.29 is 4.79 Å². The summed E-state index contributed by atoms with van der Waals surface area (Å²) in [6.45, 7) is 4.03. The number of carbonyl (C=O) groups is 1. The molecule has 30 heavy (non-hydrogen) atoms. The van der Waals surface area contributed by atoms with Gasteiger partial charge in [-0.05, 0) is 68.1 Å². The fraction of sp³-hybridized carbons (Fsp3) is 0.348. The first-order valence-corrected chi connectivity index (χ1v) is 11.5. The second kappa shape index (κ2) is 9.23. The highest BCUT2D eigenvalue weighted by atomic mass is 35.5. The number of aromatic nitrogens is 3. The number of benzene rings is 1. The van der Waals surface area contributed by atoms with Crippen LogP contribution in [-0.2, 0) is 0 Å². The van der Waals surface area contributed by atoms with Gasteiger partial charge in [0.1, 0.15) is 0 Å². The number of thioether (sulfide) groups is 1. The zero-order chi connectivity index (χ0) is 21.1. The molecule has 5 nitrogen and oxygen atoms in total. The minimum Gasteiger partial charge on any atom is -0.345 e. The molecule has 4 rings (SSSR count). The maximum Gasteiger partial charge on any atom is 0.255 e. The summed E-state index contributed by atoms with van der Waals surface area (Å²) < 4.78 is 1.76. The summed E-state index contributed by atoms with van der Waals surface area (Å²) >= 11 is 7.81. The number of rotatable bonds is 8. The number of nitrogens with zero attached hydrogens (tertiary/aromatic N) is 3. The predicted molar refractivity (Wildman–Crippen MR) is 122 cm³/mol. The van der Waals surface area contributed by atoms with Gasteiger partial charge in [0, 0.05) is 16.5 Å². The molecule has 1 aromatic carbocycles. The van der Waals surface area contributed by atoms with Crippen molar-refractivity contribution in [2.75, 3.05) is 0 Å². The number of hydrogen-bond acceptors (Lipinski definition) is 4. The maximum atomic E-state index is 13.1. The van der Waals surface area contributed by atoms with Gasteiger partial charge in [-0.25, -0.2) is 9.67 Å². The Morgan fingerprint density at radius 2 is 2.07 bits per heavy atom. The molecule has 3 aromatic rings. The van der Waals surface area contributed by atoms with E-state index in [9.17, 15) is 4.79 Å². The van der Waals surface area contributed by atoms with Crippen molar-refractivity contribution in [2.45, 2.75) is 55.8 Å². The SMILES string of the molecule is CCCC(NC(=O)c1cnn(-c2ccc(Cl)cc2)c1C)c1ccnc(SC2CC2)c1. The van der Waals surface area contributed by atoms with Gasteiger partial charge in [0.2, 0.25) is 0 Å². The molecule has 1 N–H and O–H groups in total. The Labute approximate surface area is 186 Å². The third-order valence-electron chi connectivity index (χ3n) is 5.18. The van der Waals surface area contributed by atoms with Gasteiger partial charge >= 0.3 is 0 Å². The van der Waals surface area contributed by atoms with Crippen LogP contribution in [0.15, 0.2) is 53.8 Å². The molecular weight excluding hydrogens is 416 g/mol. The zero-order valence-corrected chi connectivity index (χ0v) is 18.7. The Morgan fingerprint density at radius 3 is 2.77 bits per heavy atom. The van der Waals surface area contributed by atoms with Gasteiger partial charge in [0.25, 0.3) is 5.91 Å². The summed E-state index contributed by atoms with van der Waals surface area (Å²) in [5, 5.41) is 10.0. The van der Waals surface area contributed by atoms with E-state index in [0.29, 0.717) is 15.8 Å². The molecule has 2 heterocycles. The van der Waals surface area contributed by atoms with Gasteiger partial charge in [0.05, 0.1) is 34.2 Å². The largest absolute Gasteiger partial charge is 0.345 e. The molecule has 1 unspecified atom stereocenters. The van der Waals surface area contributed by atoms with E-state index in [4.69, 9.17) is 11.6 Å². The van der Waals surface area contributed by atoms with Crippen molar-refractivity contribution in [3.05, 3.63) is 70.6 Å². The summed E-state index contributed by atoms with van der Waals surface area (Å²) in [5.74, 6) is -0.112. The molecule has 0 bridgehead atoms. The van der Waals surface area contributed by atoms with Crippen LogP contribution in [-0.4, -0.2) is 25.9 Å². The highest BCUT2D eigenvalue weighted by Crippen LogP contribution is 2.38. The molecule has 1 fully saturated rings. The third-order valence-corrected chi connectivity index (χ3v) is 6.70. The van der Waals surface area contributed by atoms with Gasteiger partial charge in [-0.1, -0.05) is 24.9 Å². The second-order valence-corrected chi connectivity index (χ2v) is 9.35. The van der Waals surface area contributed by atoms with E-state index in [1.165, 1.54) is 12.8 Å². The van der Waals surface area contributed by atoms with E-state index < -0.39 is 0 Å². The average Bonchev–Trinajstić information content (AvgIpc) is 3.47. The van der Waals surface area contributed by atoms with Gasteiger partial charge in [0.15, 0.2) is 0 Å². The van der Waals surface area contributed by atoms with E-state index in [2.05, 4.69) is 28.4 Å². The van der Waals surface area contributed by atoms with Crippen LogP contribution in [0.3, 0.4) is 0 Å². The molecule has 2 aromatic heterocycles. The molecule has 0 radical (unpaired) electrons. The molecule has 1 atom stereocenters. The summed E-state index contributed by atoms with van der Waals surface area (Å²) in [7, 11) is 0. The van der Waals surface area contributed by atoms with Gasteiger partial charge in [-0.3, -0.25) is 4.79 Å². The number of halogens is 1. The predicted octanol–water partition coefficient (Wildman–Crippen LogP) is 5.75. The minimum absolute atomic E-state index is 0.0534. The van der Waals surface area contributed by atoms with E-state index in [1.807, 2.05) is 55.2 Å². The summed E-state index contributed by atoms with van der Waals surface area (Å²) in [5.41, 5.74) is 3.35. The molecular formula is C23H25ClN4OS. The van der Waals surface area contributed by atoms with Crippen molar-refractivity contribution >= 4 is 29.3 Å². The van der Waals surface area contributed by atoms with Crippen LogP contribution in [0, 0.1) is 6.92 Å². The first kappa shape index (κ1) is 20.9. The quantitative estimate of drug-likeness (QED) is 0.484. The molecule has 1 amide bonds. The monoisotopic (exact) mass is 440 g/mol. The van der Waals surface area contributed by atoms with Crippen molar-refractivity contribution in [3.63, 3.8) is 0 Å². The van der Waals surface area contributed by atoms with Crippen LogP contribution in [0.1, 0.15) is 60.3 Å². The Morgan fingerprint density at radius 1 is 1.30 bits per heavy atom. The Hall–Kier alpha value is -2.31. The summed E-state index contributed by atoms with van der Waals surface area (Å²) in [6, 6.07) is 11.5. The van der Waals surface area contributed by atoms with E-state index in [1.54, 1.807) is 10.9 Å². The Bertz CT molecular complexity index is 1030. The van der Waals surface area contributed by atoms with E-state index in [-0.39, 0.29) is 11.9 Å². The minimum atomic E-state index is -0.112. The van der Waals surface area contributed by atoms with Gasteiger partial charge in [-0.15, -0.1) is 11.8 Å². The number of carbonyl (C=O) groups excluding carboxylic acids is 1. The molecule has 0 aliphatic heterocycles. The van der Waals surface area contributed by atoms with Crippen LogP contribution in [0.25, 0.3) is 5.69 Å². The lowest BCUT2D eigenvalue weighted by atomic mass is 10.0. The highest BCUT2D eigenvalue weighted by Gasteiger charge is 2.24. The fourth-order valence-corrected chi connectivity index (χ4v) is 4.55. The van der Waals surface area contributed by atoms with Crippen molar-refractivity contribution in [3.8, 4) is 5.69 Å². The molecule has 7 heteroatoms. The Kier molecular flexibility index (Phi) is 6.44. The van der Waals surface area contributed by atoms with Crippen molar-refractivity contribution in [1.82, 2.24) is 20.1 Å². The number of amides is 1. The van der Waals surface area contributed by atoms with Crippen LogP contribution in [0.5, 0.6) is 0 Å². The summed E-state index contributed by atoms with van der Waals surface area (Å²) in [6.07, 6.45) is 7.85. The average molecular weight is 441 g/mol. The molecule has 1 aliphatic carbocycles. The number of nitrogens with one attached hydrogen (secondary N) is 1. The lowest BCUT2D eigenvalue weighted by Crippen LogP contribution is -2.29. The standard InChI is InChI=1S/C23H25ClN4OS/c1-3-4-21(16-11-12-25-22(13-16)30-19-9-10-19)27-23(29)20-14-26-28(15(20)2)18-7-5-17(24)6-8-18/h5-8,11-14,19,21H,3-4,9-10H2,1-2H3,(H,27,29). The third kappa shape index (κ3) is 4.87. The molecule has 156 valence electrons. The van der Waals surface area contributed by atoms with E-state index >= 15 is 0 Å². The zero-order valence-electron chi connectivity index (χ0n) is 17.1. The van der Waals surface area contributed by atoms with E-state index in [0.717, 1.165) is 34.8 Å². The van der Waals surface area contributed by atoms with Gasteiger partial charge < -0.3 is 5.32 Å². The van der Waals surface area contributed by atoms with Crippen LogP contribution in [0.2, 0.25) is 5.02 Å². The molecule has 1 aliphatic rings. The van der Waals surface area contributed by atoms with Crippen molar-refractivity contribution in [1.29, 1.82) is 0 Å². The van der Waals surface area contributed by atoms with Crippen LogP contribution < -0.4 is 5.32 Å². The first-order valence-electron chi connectivity index (χ1n) is 10.3. The summed E-state index contributed by atoms with van der Waals surface area (Å²) in [4.78, 5) is 17.6. The molecule has 0 saturated heterocycles. The second-order valence-electron chi connectivity index (χ2n) is 7.59. The number of hydrogen-bond donors (Lipinski definition) is 1. The lowest BCUT2D eigenvalue weighted by molar-refractivity contribution is 0.0933. The number of pyridine rings is 1. The lowest BCUT2D eigenvalue weighted by Gasteiger charge is -2.19. The smallest absolute Gasteiger partial charge is 0.255 e.